The second kappa shape index (κ2) is 9.33. The summed E-state index contributed by atoms with van der Waals surface area (Å²) in [5, 5.41) is 11.6. The fraction of sp³-hybridized carbons (Fsp3) is 0.412. The van der Waals surface area contributed by atoms with Crippen molar-refractivity contribution in [1.29, 1.82) is 0 Å². The number of nitrogens with one attached hydrogen (secondary N) is 1. The Bertz CT molecular complexity index is 726. The Morgan fingerprint density at radius 2 is 1.96 bits per heavy atom. The van der Waals surface area contributed by atoms with Gasteiger partial charge in [0.2, 0.25) is 10.0 Å². The molecule has 1 aromatic carbocycles. The molecule has 1 unspecified atom stereocenters. The number of carboxylic acid groups (broad SMARTS) is 1. The van der Waals surface area contributed by atoms with Crippen LogP contribution in [0.1, 0.15) is 37.0 Å². The second-order valence-electron chi connectivity index (χ2n) is 5.35. The largest absolute Gasteiger partial charge is 0.480 e. The van der Waals surface area contributed by atoms with Gasteiger partial charge >= 0.3 is 5.97 Å². The molecule has 1 amide bonds. The zero-order chi connectivity index (χ0) is 19.0. The Kier molecular flexibility index (Phi) is 7.79. The third-order valence-electron chi connectivity index (χ3n) is 3.70. The van der Waals surface area contributed by atoms with Crippen molar-refractivity contribution in [1.82, 2.24) is 9.62 Å². The number of benzene rings is 1. The highest BCUT2D eigenvalue weighted by molar-refractivity contribution is 7.89. The lowest BCUT2D eigenvalue weighted by Crippen LogP contribution is -2.40. The number of rotatable bonds is 10. The first-order valence-corrected chi connectivity index (χ1v) is 9.46. The molecular formula is C17H24N2O5S. The number of hydrogen-bond acceptors (Lipinski definition) is 4. The molecule has 7 nitrogen and oxygen atoms in total. The first-order valence-electron chi connectivity index (χ1n) is 8.02. The van der Waals surface area contributed by atoms with E-state index in [0.29, 0.717) is 19.5 Å². The van der Waals surface area contributed by atoms with Crippen LogP contribution in [0.5, 0.6) is 0 Å². The van der Waals surface area contributed by atoms with Gasteiger partial charge in [0.05, 0.1) is 4.90 Å². The van der Waals surface area contributed by atoms with Crippen LogP contribution in [0.25, 0.3) is 0 Å². The molecule has 0 aromatic heterocycles. The van der Waals surface area contributed by atoms with Crippen molar-refractivity contribution in [3.8, 4) is 0 Å². The summed E-state index contributed by atoms with van der Waals surface area (Å²) in [6, 6.07) is 4.52. The number of nitrogens with zero attached hydrogens (tertiary/aromatic N) is 1. The van der Waals surface area contributed by atoms with Gasteiger partial charge in [-0.15, -0.1) is 6.58 Å². The van der Waals surface area contributed by atoms with Crippen LogP contribution in [-0.4, -0.2) is 48.8 Å². The van der Waals surface area contributed by atoms with Gasteiger partial charge in [0.1, 0.15) is 6.04 Å². The van der Waals surface area contributed by atoms with Gasteiger partial charge in [0.25, 0.3) is 5.91 Å². The molecule has 2 N–H and O–H groups in total. The van der Waals surface area contributed by atoms with Gasteiger partial charge in [-0.05, 0) is 31.0 Å². The number of hydrogen-bond donors (Lipinski definition) is 2. The van der Waals surface area contributed by atoms with Crippen LogP contribution in [0.2, 0.25) is 0 Å². The summed E-state index contributed by atoms with van der Waals surface area (Å²) in [6.45, 7) is 7.62. The van der Waals surface area contributed by atoms with Crippen molar-refractivity contribution >= 4 is 21.9 Å². The van der Waals surface area contributed by atoms with Gasteiger partial charge in [0, 0.05) is 18.7 Å². The lowest BCUT2D eigenvalue weighted by Gasteiger charge is -2.19. The Labute approximate surface area is 148 Å². The number of carboxylic acids is 1. The highest BCUT2D eigenvalue weighted by Crippen LogP contribution is 2.17. The Morgan fingerprint density at radius 1 is 1.32 bits per heavy atom. The number of carbonyl (C=O) groups is 2. The van der Waals surface area contributed by atoms with Crippen LogP contribution < -0.4 is 5.32 Å². The molecule has 0 fully saturated rings. The summed E-state index contributed by atoms with van der Waals surface area (Å²) >= 11 is 0. The summed E-state index contributed by atoms with van der Waals surface area (Å²) in [6.07, 6.45) is 2.22. The smallest absolute Gasteiger partial charge is 0.326 e. The first-order chi connectivity index (χ1) is 11.8. The summed E-state index contributed by atoms with van der Waals surface area (Å²) in [4.78, 5) is 23.5. The van der Waals surface area contributed by atoms with E-state index >= 15 is 0 Å². The van der Waals surface area contributed by atoms with Crippen LogP contribution >= 0.6 is 0 Å². The van der Waals surface area contributed by atoms with E-state index < -0.39 is 27.9 Å². The van der Waals surface area contributed by atoms with Crippen LogP contribution in [0.15, 0.2) is 41.8 Å². The number of carbonyl (C=O) groups excluding carboxylic acids is 1. The minimum absolute atomic E-state index is 0.00168. The maximum atomic E-state index is 12.5. The maximum absolute atomic E-state index is 12.5. The molecule has 0 heterocycles. The van der Waals surface area contributed by atoms with Crippen molar-refractivity contribution in [2.75, 3.05) is 13.1 Å². The molecule has 0 saturated carbocycles. The SMILES string of the molecule is C=CCCC(NC(=O)c1cccc(S(=O)(=O)N(CC)CC)c1)C(=O)O. The summed E-state index contributed by atoms with van der Waals surface area (Å²) in [7, 11) is -3.69. The zero-order valence-corrected chi connectivity index (χ0v) is 15.3. The second-order valence-corrected chi connectivity index (χ2v) is 7.29. The quantitative estimate of drug-likeness (QED) is 0.614. The monoisotopic (exact) mass is 368 g/mol. The third-order valence-corrected chi connectivity index (χ3v) is 5.75. The minimum atomic E-state index is -3.69. The molecule has 0 bridgehead atoms. The van der Waals surface area contributed by atoms with Gasteiger partial charge < -0.3 is 10.4 Å². The lowest BCUT2D eigenvalue weighted by atomic mass is 10.1. The van der Waals surface area contributed by atoms with Gasteiger partial charge in [0.15, 0.2) is 0 Å². The Hall–Kier alpha value is -2.19. The van der Waals surface area contributed by atoms with E-state index in [1.165, 1.54) is 28.6 Å². The molecule has 0 aliphatic carbocycles. The van der Waals surface area contributed by atoms with E-state index in [2.05, 4.69) is 11.9 Å². The summed E-state index contributed by atoms with van der Waals surface area (Å²) in [5.41, 5.74) is 0.0954. The Balaban J connectivity index is 3.05. The van der Waals surface area contributed by atoms with Crippen LogP contribution in [0.4, 0.5) is 0 Å². The average molecular weight is 368 g/mol. The number of amides is 1. The molecule has 8 heteroatoms. The molecule has 0 spiro atoms. The predicted octanol–water partition coefficient (Wildman–Crippen LogP) is 1.87. The van der Waals surface area contributed by atoms with Gasteiger partial charge in [-0.2, -0.15) is 4.31 Å². The van der Waals surface area contributed by atoms with E-state index in [1.54, 1.807) is 19.9 Å². The van der Waals surface area contributed by atoms with E-state index in [0.717, 1.165) is 0 Å². The molecule has 1 rings (SSSR count). The summed E-state index contributed by atoms with van der Waals surface area (Å²) in [5.74, 6) is -1.78. The normalized spacial score (nSPS) is 12.6. The lowest BCUT2D eigenvalue weighted by molar-refractivity contribution is -0.139. The van der Waals surface area contributed by atoms with E-state index in [4.69, 9.17) is 5.11 Å². The van der Waals surface area contributed by atoms with E-state index in [1.807, 2.05) is 0 Å². The van der Waals surface area contributed by atoms with Crippen molar-refractivity contribution in [3.63, 3.8) is 0 Å². The van der Waals surface area contributed by atoms with Crippen molar-refractivity contribution < 1.29 is 23.1 Å². The van der Waals surface area contributed by atoms with Crippen molar-refractivity contribution in [2.45, 2.75) is 37.6 Å². The van der Waals surface area contributed by atoms with E-state index in [9.17, 15) is 18.0 Å². The predicted molar refractivity (Wildman–Crippen MR) is 94.9 cm³/mol. The number of sulfonamides is 1. The number of allylic oxidation sites excluding steroid dienone is 1. The average Bonchev–Trinajstić information content (AvgIpc) is 2.59. The highest BCUT2D eigenvalue weighted by Gasteiger charge is 2.24. The fourth-order valence-corrected chi connectivity index (χ4v) is 3.80. The fourth-order valence-electron chi connectivity index (χ4n) is 2.29. The molecule has 1 aromatic rings. The Morgan fingerprint density at radius 3 is 2.48 bits per heavy atom. The molecule has 0 aliphatic heterocycles. The van der Waals surface area contributed by atoms with Crippen LogP contribution in [-0.2, 0) is 14.8 Å². The molecule has 0 aliphatic rings. The molecule has 25 heavy (non-hydrogen) atoms. The van der Waals surface area contributed by atoms with Crippen LogP contribution in [0.3, 0.4) is 0 Å². The minimum Gasteiger partial charge on any atom is -0.480 e. The first kappa shape index (κ1) is 20.9. The summed E-state index contributed by atoms with van der Waals surface area (Å²) < 4.78 is 26.3. The van der Waals surface area contributed by atoms with E-state index in [-0.39, 0.29) is 16.9 Å². The topological polar surface area (TPSA) is 104 Å². The van der Waals surface area contributed by atoms with Crippen molar-refractivity contribution in [2.24, 2.45) is 0 Å². The number of aliphatic carboxylic acids is 1. The van der Waals surface area contributed by atoms with Crippen molar-refractivity contribution in [3.05, 3.63) is 42.5 Å². The maximum Gasteiger partial charge on any atom is 0.326 e. The van der Waals surface area contributed by atoms with Gasteiger partial charge in [-0.3, -0.25) is 4.79 Å². The highest BCUT2D eigenvalue weighted by atomic mass is 32.2. The molecular weight excluding hydrogens is 344 g/mol. The molecule has 138 valence electrons. The van der Waals surface area contributed by atoms with Crippen LogP contribution in [0, 0.1) is 0 Å². The van der Waals surface area contributed by atoms with Gasteiger partial charge in [-0.25, -0.2) is 13.2 Å². The molecule has 0 radical (unpaired) electrons. The molecule has 1 atom stereocenters. The third kappa shape index (κ3) is 5.40. The zero-order valence-electron chi connectivity index (χ0n) is 14.4. The molecule has 0 saturated heterocycles. The van der Waals surface area contributed by atoms with Gasteiger partial charge in [-0.1, -0.05) is 26.0 Å². The standard InChI is InChI=1S/C17H24N2O5S/c1-4-7-11-15(17(21)22)18-16(20)13-9-8-10-14(12-13)25(23,24)19(5-2)6-3/h4,8-10,12,15H,1,5-7,11H2,2-3H3,(H,18,20)(H,21,22).